The van der Waals surface area contributed by atoms with Crippen molar-refractivity contribution in [3.8, 4) is 11.5 Å². The second-order valence-electron chi connectivity index (χ2n) is 19.2. The summed E-state index contributed by atoms with van der Waals surface area (Å²) in [6.07, 6.45) is 1.04. The summed E-state index contributed by atoms with van der Waals surface area (Å²) < 4.78 is 6.60. The molecule has 0 N–H and O–H groups in total. The largest absolute Gasteiger partial charge is 0.453 e. The maximum absolute atomic E-state index is 6.60. The number of para-hydroxylation sites is 8. The van der Waals surface area contributed by atoms with E-state index < -0.39 is 0 Å². The van der Waals surface area contributed by atoms with Crippen molar-refractivity contribution in [3.05, 3.63) is 193 Å². The summed E-state index contributed by atoms with van der Waals surface area (Å²) >= 11 is 0. The van der Waals surface area contributed by atoms with Gasteiger partial charge in [0.25, 0.3) is 6.71 Å². The van der Waals surface area contributed by atoms with Gasteiger partial charge in [0.15, 0.2) is 11.5 Å². The minimum atomic E-state index is -0.217. The van der Waals surface area contributed by atoms with Crippen molar-refractivity contribution < 1.29 is 4.74 Å². The smallest absolute Gasteiger partial charge is 0.252 e. The molecule has 5 heterocycles. The molecule has 6 heteroatoms. The van der Waals surface area contributed by atoms with Crippen LogP contribution >= 0.6 is 0 Å². The number of rotatable bonds is 3. The molecule has 8 aromatic carbocycles. The molecule has 0 amide bonds. The lowest BCUT2D eigenvalue weighted by atomic mass is 9.33. The fourth-order valence-electron chi connectivity index (χ4n) is 12.1. The van der Waals surface area contributed by atoms with Gasteiger partial charge in [-0.2, -0.15) is 0 Å². The standard InChI is InChI=1S/C57H47BN4O/c1-36-35-56(2,3)62(38-21-10-7-11-22-38)48-34-44-49(33-40(36)48)59(37-19-8-6-9-20-37)50-31-39(60-46-27-14-16-29-52(46)63-53-30-17-15-28-47(53)60)32-51-54(50)58(44)43-25-18-24-42-55(43)61(51)45-26-13-12-23-41(45)57(42,4)5/h6-34,36H,35H2,1-5H3. The Morgan fingerprint density at radius 2 is 1.05 bits per heavy atom. The van der Waals surface area contributed by atoms with Gasteiger partial charge in [-0.05, 0) is 138 Å². The minimum Gasteiger partial charge on any atom is -0.453 e. The highest BCUT2D eigenvalue weighted by Crippen LogP contribution is 2.58. The highest BCUT2D eigenvalue weighted by atomic mass is 16.5. The van der Waals surface area contributed by atoms with Crippen LogP contribution in [-0.4, -0.2) is 12.3 Å². The molecule has 8 aromatic rings. The number of hydrogen-bond donors (Lipinski definition) is 0. The van der Waals surface area contributed by atoms with Crippen LogP contribution in [0.1, 0.15) is 63.6 Å². The molecule has 13 rings (SSSR count). The van der Waals surface area contributed by atoms with E-state index in [-0.39, 0.29) is 17.7 Å². The summed E-state index contributed by atoms with van der Waals surface area (Å²) in [5.74, 6) is 2.04. The summed E-state index contributed by atoms with van der Waals surface area (Å²) in [7, 11) is 0. The summed E-state index contributed by atoms with van der Waals surface area (Å²) in [6.45, 7) is 12.0. The van der Waals surface area contributed by atoms with Gasteiger partial charge in [0.2, 0.25) is 0 Å². The van der Waals surface area contributed by atoms with Crippen molar-refractivity contribution in [2.75, 3.05) is 19.6 Å². The molecule has 0 aliphatic carbocycles. The van der Waals surface area contributed by atoms with E-state index in [0.29, 0.717) is 5.92 Å². The van der Waals surface area contributed by atoms with E-state index >= 15 is 0 Å². The first-order chi connectivity index (χ1) is 30.7. The average Bonchev–Trinajstić information content (AvgIpc) is 3.30. The Balaban J connectivity index is 1.17. The van der Waals surface area contributed by atoms with E-state index in [1.54, 1.807) is 0 Å². The summed E-state index contributed by atoms with van der Waals surface area (Å²) in [5, 5.41) is 0. The molecule has 5 aliphatic heterocycles. The van der Waals surface area contributed by atoms with Gasteiger partial charge < -0.3 is 24.3 Å². The molecule has 1 atom stereocenters. The molecule has 63 heavy (non-hydrogen) atoms. The van der Waals surface area contributed by atoms with Gasteiger partial charge in [0.1, 0.15) is 0 Å². The lowest BCUT2D eigenvalue weighted by Crippen LogP contribution is -2.62. The van der Waals surface area contributed by atoms with Crippen molar-refractivity contribution >= 4 is 85.7 Å². The van der Waals surface area contributed by atoms with E-state index in [4.69, 9.17) is 4.74 Å². The van der Waals surface area contributed by atoms with Crippen LogP contribution in [0.4, 0.5) is 62.6 Å². The van der Waals surface area contributed by atoms with E-state index in [9.17, 15) is 0 Å². The SMILES string of the molecule is CC1CC(C)(C)N(c2ccccc2)c2cc3c(cc21)N(c1ccccc1)c1cc(N2c4ccccc4Oc4ccccc42)cc2c1B3c1cccc3c1N2c1ccccc1C3(C)C. The van der Waals surface area contributed by atoms with Crippen LogP contribution in [0, 0.1) is 0 Å². The molecular formula is C57H47BN4O. The molecule has 0 radical (unpaired) electrons. The van der Waals surface area contributed by atoms with Crippen molar-refractivity contribution in [1.29, 1.82) is 0 Å². The Hall–Kier alpha value is -7.18. The number of fused-ring (bicyclic) bond motifs is 9. The van der Waals surface area contributed by atoms with Crippen LogP contribution in [0.3, 0.4) is 0 Å². The van der Waals surface area contributed by atoms with Gasteiger partial charge in [-0.15, -0.1) is 0 Å². The summed E-state index contributed by atoms with van der Waals surface area (Å²) in [4.78, 5) is 10.2. The molecule has 0 aromatic heterocycles. The third-order valence-corrected chi connectivity index (χ3v) is 14.6. The number of benzene rings is 8. The average molecular weight is 815 g/mol. The van der Waals surface area contributed by atoms with Crippen molar-refractivity contribution in [2.45, 2.75) is 57.9 Å². The normalized spacial score (nSPS) is 17.6. The maximum atomic E-state index is 6.60. The molecule has 0 saturated heterocycles. The van der Waals surface area contributed by atoms with Crippen LogP contribution in [0.5, 0.6) is 11.5 Å². The van der Waals surface area contributed by atoms with Crippen molar-refractivity contribution in [2.24, 2.45) is 0 Å². The Bertz CT molecular complexity index is 3150. The molecular weight excluding hydrogens is 767 g/mol. The Morgan fingerprint density at radius 1 is 0.476 bits per heavy atom. The van der Waals surface area contributed by atoms with Crippen LogP contribution in [0.25, 0.3) is 0 Å². The van der Waals surface area contributed by atoms with E-state index in [2.05, 4.69) is 230 Å². The van der Waals surface area contributed by atoms with Gasteiger partial charge in [-0.3, -0.25) is 0 Å². The Kier molecular flexibility index (Phi) is 7.49. The van der Waals surface area contributed by atoms with Gasteiger partial charge in [-0.25, -0.2) is 0 Å². The molecule has 0 spiro atoms. The van der Waals surface area contributed by atoms with Gasteiger partial charge in [0, 0.05) is 50.8 Å². The zero-order valence-electron chi connectivity index (χ0n) is 36.3. The summed E-state index contributed by atoms with van der Waals surface area (Å²) in [5.41, 5.74) is 20.7. The van der Waals surface area contributed by atoms with Crippen molar-refractivity contribution in [3.63, 3.8) is 0 Å². The molecule has 0 bridgehead atoms. The predicted octanol–water partition coefficient (Wildman–Crippen LogP) is 13.4. The molecule has 5 aliphatic rings. The quantitative estimate of drug-likeness (QED) is 0.165. The van der Waals surface area contributed by atoms with Crippen LogP contribution < -0.4 is 40.7 Å². The number of ether oxygens (including phenoxy) is 1. The van der Waals surface area contributed by atoms with E-state index in [1.165, 1.54) is 72.9 Å². The molecule has 0 fully saturated rings. The predicted molar refractivity (Wildman–Crippen MR) is 263 cm³/mol. The first kappa shape index (κ1) is 36.5. The molecule has 5 nitrogen and oxygen atoms in total. The second kappa shape index (κ2) is 12.9. The Labute approximate surface area is 370 Å². The zero-order chi connectivity index (χ0) is 42.4. The first-order valence-corrected chi connectivity index (χ1v) is 22.4. The van der Waals surface area contributed by atoms with Crippen LogP contribution in [0.15, 0.2) is 176 Å². The van der Waals surface area contributed by atoms with Gasteiger partial charge in [0.05, 0.1) is 22.7 Å². The first-order valence-electron chi connectivity index (χ1n) is 22.4. The number of anilines is 11. The maximum Gasteiger partial charge on any atom is 0.252 e. The number of nitrogens with zero attached hydrogens (tertiary/aromatic N) is 4. The number of hydrogen-bond acceptors (Lipinski definition) is 5. The van der Waals surface area contributed by atoms with Crippen LogP contribution in [0.2, 0.25) is 0 Å². The van der Waals surface area contributed by atoms with Crippen molar-refractivity contribution in [1.82, 2.24) is 0 Å². The summed E-state index contributed by atoms with van der Waals surface area (Å²) in [6, 6.07) is 65.2. The highest BCUT2D eigenvalue weighted by Gasteiger charge is 2.50. The minimum absolute atomic E-state index is 0.0289. The third-order valence-electron chi connectivity index (χ3n) is 14.6. The molecule has 0 saturated carbocycles. The lowest BCUT2D eigenvalue weighted by Gasteiger charge is -2.51. The lowest BCUT2D eigenvalue weighted by molar-refractivity contribution is 0.408. The monoisotopic (exact) mass is 814 g/mol. The van der Waals surface area contributed by atoms with Gasteiger partial charge in [-0.1, -0.05) is 118 Å². The van der Waals surface area contributed by atoms with Crippen LogP contribution in [-0.2, 0) is 5.41 Å². The molecule has 304 valence electrons. The molecule has 1 unspecified atom stereocenters. The van der Waals surface area contributed by atoms with E-state index in [1.807, 2.05) is 0 Å². The highest BCUT2D eigenvalue weighted by molar-refractivity contribution is 7.00. The zero-order valence-corrected chi connectivity index (χ0v) is 36.3. The Morgan fingerprint density at radius 3 is 1.75 bits per heavy atom. The van der Waals surface area contributed by atoms with E-state index in [0.717, 1.165) is 40.7 Å². The van der Waals surface area contributed by atoms with Gasteiger partial charge >= 0.3 is 0 Å². The topological polar surface area (TPSA) is 22.2 Å². The second-order valence-corrected chi connectivity index (χ2v) is 19.2. The fraction of sp³-hybridized carbons (Fsp3) is 0.158. The fourth-order valence-corrected chi connectivity index (χ4v) is 12.1. The third kappa shape index (κ3) is 5.01.